The van der Waals surface area contributed by atoms with Crippen LogP contribution in [0.4, 0.5) is 4.79 Å². The molecule has 0 radical (unpaired) electrons. The molecule has 3 heterocycles. The van der Waals surface area contributed by atoms with Gasteiger partial charge in [0.05, 0.1) is 12.1 Å². The molecule has 2 aliphatic rings. The Labute approximate surface area is 203 Å². The largest absolute Gasteiger partial charge is 0.480 e. The van der Waals surface area contributed by atoms with Gasteiger partial charge in [0.2, 0.25) is 5.91 Å². The van der Waals surface area contributed by atoms with Crippen LogP contribution < -0.4 is 10.6 Å². The van der Waals surface area contributed by atoms with Gasteiger partial charge >= 0.3 is 12.0 Å². The Kier molecular flexibility index (Phi) is 5.96. The van der Waals surface area contributed by atoms with Crippen LogP contribution in [-0.4, -0.2) is 51.0 Å². The SMILES string of the molecule is CC[C@H](C)[C@H](NC(=O)[C@@H]1Cc2c([nH]c3ccccc23)[C@H]2[C@H](Cc3ccccc3)NC(=O)N12)C(=O)O. The Morgan fingerprint density at radius 3 is 2.57 bits per heavy atom. The van der Waals surface area contributed by atoms with Crippen LogP contribution in [0, 0.1) is 5.92 Å². The van der Waals surface area contributed by atoms with Gasteiger partial charge in [-0.3, -0.25) is 4.79 Å². The van der Waals surface area contributed by atoms with E-state index in [-0.39, 0.29) is 24.0 Å². The van der Waals surface area contributed by atoms with Gasteiger partial charge in [-0.25, -0.2) is 9.59 Å². The summed E-state index contributed by atoms with van der Waals surface area (Å²) < 4.78 is 0. The van der Waals surface area contributed by atoms with E-state index in [9.17, 15) is 19.5 Å². The van der Waals surface area contributed by atoms with Gasteiger partial charge in [0.15, 0.2) is 0 Å². The molecule has 35 heavy (non-hydrogen) atoms. The molecule has 0 aliphatic carbocycles. The summed E-state index contributed by atoms with van der Waals surface area (Å²) in [5.41, 5.74) is 3.99. The first-order chi connectivity index (χ1) is 16.9. The van der Waals surface area contributed by atoms with Gasteiger partial charge < -0.3 is 25.6 Å². The number of nitrogens with one attached hydrogen (secondary N) is 3. The number of fused-ring (bicyclic) bond motifs is 5. The van der Waals surface area contributed by atoms with Crippen molar-refractivity contribution < 1.29 is 19.5 Å². The number of hydrogen-bond donors (Lipinski definition) is 4. The summed E-state index contributed by atoms with van der Waals surface area (Å²) in [6.45, 7) is 3.70. The summed E-state index contributed by atoms with van der Waals surface area (Å²) >= 11 is 0. The molecule has 2 aromatic carbocycles. The number of carboxylic acid groups (broad SMARTS) is 1. The number of carbonyl (C=O) groups is 3. The van der Waals surface area contributed by atoms with Gasteiger partial charge in [-0.2, -0.15) is 0 Å². The minimum Gasteiger partial charge on any atom is -0.480 e. The molecule has 0 unspecified atom stereocenters. The van der Waals surface area contributed by atoms with Gasteiger partial charge in [0.25, 0.3) is 0 Å². The summed E-state index contributed by atoms with van der Waals surface area (Å²) in [5, 5.41) is 16.6. The number of H-pyrrole nitrogens is 1. The zero-order chi connectivity index (χ0) is 24.7. The third-order valence-corrected chi connectivity index (χ3v) is 7.48. The predicted octanol–water partition coefficient (Wildman–Crippen LogP) is 3.39. The standard InChI is InChI=1S/C27H30N4O4/c1-3-15(2)22(26(33)34)30-25(32)21-14-18-17-11-7-8-12-19(17)28-23(18)24-20(29-27(35)31(21)24)13-16-9-5-4-6-10-16/h4-12,15,20-22,24,28H,3,13-14H2,1-2H3,(H,29,35)(H,30,32)(H,33,34)/t15-,20-,21-,22-,24+/m0/s1. The molecule has 5 atom stereocenters. The number of aromatic nitrogens is 1. The van der Waals surface area contributed by atoms with Crippen molar-refractivity contribution in [3.05, 3.63) is 71.4 Å². The average Bonchev–Trinajstić information content (AvgIpc) is 3.39. The van der Waals surface area contributed by atoms with Crippen molar-refractivity contribution in [2.24, 2.45) is 5.92 Å². The Hall–Kier alpha value is -3.81. The van der Waals surface area contributed by atoms with E-state index in [1.54, 1.807) is 11.8 Å². The maximum Gasteiger partial charge on any atom is 0.326 e. The zero-order valence-corrected chi connectivity index (χ0v) is 19.8. The Bertz CT molecular complexity index is 1270. The third-order valence-electron chi connectivity index (χ3n) is 7.48. The number of benzene rings is 2. The molecule has 1 fully saturated rings. The maximum absolute atomic E-state index is 13.5. The molecule has 0 spiro atoms. The van der Waals surface area contributed by atoms with Crippen molar-refractivity contribution in [1.82, 2.24) is 20.5 Å². The van der Waals surface area contributed by atoms with E-state index in [2.05, 4.69) is 15.6 Å². The second-order valence-electron chi connectivity index (χ2n) is 9.59. The van der Waals surface area contributed by atoms with Gasteiger partial charge in [0.1, 0.15) is 12.1 Å². The van der Waals surface area contributed by atoms with Crippen LogP contribution >= 0.6 is 0 Å². The summed E-state index contributed by atoms with van der Waals surface area (Å²) in [4.78, 5) is 43.8. The summed E-state index contributed by atoms with van der Waals surface area (Å²) in [6.07, 6.45) is 1.54. The van der Waals surface area contributed by atoms with Crippen LogP contribution in [0.15, 0.2) is 54.6 Å². The number of carbonyl (C=O) groups excluding carboxylic acids is 2. The van der Waals surface area contributed by atoms with E-state index in [0.29, 0.717) is 19.3 Å². The number of aliphatic carboxylic acids is 1. The first-order valence-corrected chi connectivity index (χ1v) is 12.1. The Morgan fingerprint density at radius 1 is 1.14 bits per heavy atom. The first-order valence-electron chi connectivity index (χ1n) is 12.1. The molecule has 3 aromatic rings. The van der Waals surface area contributed by atoms with E-state index in [1.165, 1.54) is 0 Å². The lowest BCUT2D eigenvalue weighted by molar-refractivity contribution is -0.144. The number of hydrogen-bond acceptors (Lipinski definition) is 3. The van der Waals surface area contributed by atoms with Crippen LogP contribution in [0.5, 0.6) is 0 Å². The summed E-state index contributed by atoms with van der Waals surface area (Å²) in [6, 6.07) is 15.1. The molecule has 2 aliphatic heterocycles. The predicted molar refractivity (Wildman–Crippen MR) is 132 cm³/mol. The molecule has 0 saturated carbocycles. The topological polar surface area (TPSA) is 115 Å². The fourth-order valence-corrected chi connectivity index (χ4v) is 5.48. The van der Waals surface area contributed by atoms with Gasteiger partial charge in [0, 0.05) is 23.0 Å². The van der Waals surface area contributed by atoms with Crippen LogP contribution in [0.25, 0.3) is 10.9 Å². The molecule has 0 bridgehead atoms. The van der Waals surface area contributed by atoms with Crippen molar-refractivity contribution >= 4 is 28.8 Å². The molecule has 182 valence electrons. The number of nitrogens with zero attached hydrogens (tertiary/aromatic N) is 1. The normalized spacial score (nSPS) is 22.7. The second kappa shape index (κ2) is 9.09. The lowest BCUT2D eigenvalue weighted by Gasteiger charge is -2.38. The lowest BCUT2D eigenvalue weighted by atomic mass is 9.87. The van der Waals surface area contributed by atoms with Gasteiger partial charge in [-0.1, -0.05) is 68.8 Å². The number of carboxylic acids is 1. The van der Waals surface area contributed by atoms with E-state index in [1.807, 2.05) is 61.5 Å². The monoisotopic (exact) mass is 474 g/mol. The smallest absolute Gasteiger partial charge is 0.326 e. The first kappa shape index (κ1) is 23.0. The Morgan fingerprint density at radius 2 is 1.86 bits per heavy atom. The minimum absolute atomic E-state index is 0.238. The van der Waals surface area contributed by atoms with Crippen LogP contribution in [0.1, 0.15) is 43.1 Å². The van der Waals surface area contributed by atoms with Crippen molar-refractivity contribution in [3.8, 4) is 0 Å². The molecular formula is C27H30N4O4. The molecule has 1 saturated heterocycles. The van der Waals surface area contributed by atoms with E-state index >= 15 is 0 Å². The quantitative estimate of drug-likeness (QED) is 0.420. The molecule has 1 aromatic heterocycles. The second-order valence-corrected chi connectivity index (χ2v) is 9.59. The highest BCUT2D eigenvalue weighted by molar-refractivity contribution is 5.94. The molecular weight excluding hydrogens is 444 g/mol. The van der Waals surface area contributed by atoms with Crippen molar-refractivity contribution in [1.29, 1.82) is 0 Å². The Balaban J connectivity index is 1.54. The molecule has 8 nitrogen and oxygen atoms in total. The molecule has 5 rings (SSSR count). The van der Waals surface area contributed by atoms with Crippen molar-refractivity contribution in [2.75, 3.05) is 0 Å². The third kappa shape index (κ3) is 4.03. The summed E-state index contributed by atoms with van der Waals surface area (Å²) in [7, 11) is 0. The van der Waals surface area contributed by atoms with E-state index in [4.69, 9.17) is 0 Å². The number of rotatable bonds is 7. The molecule has 3 amide bonds. The van der Waals surface area contributed by atoms with Crippen LogP contribution in [-0.2, 0) is 22.4 Å². The van der Waals surface area contributed by atoms with E-state index in [0.717, 1.165) is 27.7 Å². The zero-order valence-electron chi connectivity index (χ0n) is 19.8. The fourth-order valence-electron chi connectivity index (χ4n) is 5.48. The molecule has 4 N–H and O–H groups in total. The number of para-hydroxylation sites is 1. The van der Waals surface area contributed by atoms with E-state index < -0.39 is 24.0 Å². The average molecular weight is 475 g/mol. The van der Waals surface area contributed by atoms with Gasteiger partial charge in [-0.05, 0) is 29.5 Å². The lowest BCUT2D eigenvalue weighted by Crippen LogP contribution is -2.56. The summed E-state index contributed by atoms with van der Waals surface area (Å²) in [5.74, 6) is -1.74. The highest BCUT2D eigenvalue weighted by Crippen LogP contribution is 2.42. The minimum atomic E-state index is -1.07. The number of amides is 3. The van der Waals surface area contributed by atoms with Crippen molar-refractivity contribution in [3.63, 3.8) is 0 Å². The van der Waals surface area contributed by atoms with Crippen LogP contribution in [0.2, 0.25) is 0 Å². The van der Waals surface area contributed by atoms with Crippen LogP contribution in [0.3, 0.4) is 0 Å². The van der Waals surface area contributed by atoms with Gasteiger partial charge in [-0.15, -0.1) is 0 Å². The maximum atomic E-state index is 13.5. The molecule has 8 heteroatoms. The number of aromatic amines is 1. The highest BCUT2D eigenvalue weighted by Gasteiger charge is 2.51. The highest BCUT2D eigenvalue weighted by atomic mass is 16.4. The fraction of sp³-hybridized carbons (Fsp3) is 0.370. The number of urea groups is 1. The van der Waals surface area contributed by atoms with Crippen molar-refractivity contribution in [2.45, 2.75) is 57.3 Å².